The maximum Gasteiger partial charge on any atom is 0.200 e. The summed E-state index contributed by atoms with van der Waals surface area (Å²) in [5, 5.41) is 7.39. The maximum absolute atomic E-state index is 6.67. The molecule has 0 bridgehead atoms. The van der Waals surface area contributed by atoms with Gasteiger partial charge in [-0.3, -0.25) is 4.98 Å². The zero-order valence-electron chi connectivity index (χ0n) is 16.0. The second-order valence-corrected chi connectivity index (χ2v) is 8.06. The lowest BCUT2D eigenvalue weighted by atomic mass is 9.90. The third-order valence-electron chi connectivity index (χ3n) is 6.23. The van der Waals surface area contributed by atoms with E-state index in [0.717, 1.165) is 49.4 Å². The van der Waals surface area contributed by atoms with Crippen molar-refractivity contribution in [2.24, 2.45) is 5.10 Å². The molecule has 0 saturated carbocycles. The Morgan fingerprint density at radius 1 is 1.07 bits per heavy atom. The van der Waals surface area contributed by atoms with E-state index in [1.54, 1.807) is 0 Å². The number of nitrogens with zero attached hydrogens (tertiary/aromatic N) is 4. The molecule has 5 heteroatoms. The molecule has 3 aliphatic rings. The minimum absolute atomic E-state index is 0.253. The van der Waals surface area contributed by atoms with Crippen LogP contribution in [0.3, 0.4) is 0 Å². The second kappa shape index (κ2) is 6.34. The normalized spacial score (nSPS) is 23.7. The molecule has 27 heavy (non-hydrogen) atoms. The van der Waals surface area contributed by atoms with Crippen molar-refractivity contribution >= 4 is 5.71 Å². The van der Waals surface area contributed by atoms with Crippen molar-refractivity contribution in [1.82, 2.24) is 14.9 Å². The molecule has 4 heterocycles. The van der Waals surface area contributed by atoms with Crippen LogP contribution in [0, 0.1) is 0 Å². The minimum atomic E-state index is -0.334. The van der Waals surface area contributed by atoms with Gasteiger partial charge in [0.1, 0.15) is 5.75 Å². The molecular weight excluding hydrogens is 336 g/mol. The van der Waals surface area contributed by atoms with Crippen LogP contribution < -0.4 is 4.74 Å². The van der Waals surface area contributed by atoms with Gasteiger partial charge in [0.15, 0.2) is 0 Å². The largest absolute Gasteiger partial charge is 0.466 e. The van der Waals surface area contributed by atoms with Crippen molar-refractivity contribution in [3.05, 3.63) is 59.9 Å². The van der Waals surface area contributed by atoms with E-state index in [1.807, 2.05) is 12.4 Å². The van der Waals surface area contributed by atoms with Gasteiger partial charge in [0.05, 0.1) is 11.8 Å². The lowest BCUT2D eigenvalue weighted by Gasteiger charge is -2.51. The quantitative estimate of drug-likeness (QED) is 0.814. The Morgan fingerprint density at radius 2 is 1.81 bits per heavy atom. The minimum Gasteiger partial charge on any atom is -0.466 e. The lowest BCUT2D eigenvalue weighted by Crippen LogP contribution is -2.59. The number of hydrazone groups is 1. The highest BCUT2D eigenvalue weighted by atomic mass is 16.5. The lowest BCUT2D eigenvalue weighted by molar-refractivity contribution is -0.152. The summed E-state index contributed by atoms with van der Waals surface area (Å²) in [6.07, 6.45) is 6.55. The Hall–Kier alpha value is -2.40. The third kappa shape index (κ3) is 2.72. The summed E-state index contributed by atoms with van der Waals surface area (Å²) in [4.78, 5) is 6.69. The molecule has 1 unspecified atom stereocenters. The highest BCUT2D eigenvalue weighted by Gasteiger charge is 2.51. The van der Waals surface area contributed by atoms with Gasteiger partial charge in [-0.25, -0.2) is 5.01 Å². The summed E-state index contributed by atoms with van der Waals surface area (Å²) in [5.74, 6) is 1.03. The average molecular weight is 362 g/mol. The summed E-state index contributed by atoms with van der Waals surface area (Å²) in [5.41, 5.74) is 3.21. The van der Waals surface area contributed by atoms with Crippen LogP contribution in [-0.2, 0) is 0 Å². The SMILES string of the molecule is CC(C)N1CCC2(CC1)Oc1ccccc1C1CC(c3ccncc3)=NN12. The van der Waals surface area contributed by atoms with E-state index in [0.29, 0.717) is 6.04 Å². The van der Waals surface area contributed by atoms with E-state index >= 15 is 0 Å². The molecule has 0 amide bonds. The van der Waals surface area contributed by atoms with Crippen molar-refractivity contribution in [3.63, 3.8) is 0 Å². The van der Waals surface area contributed by atoms with Crippen molar-refractivity contribution in [1.29, 1.82) is 0 Å². The van der Waals surface area contributed by atoms with Crippen LogP contribution >= 0.6 is 0 Å². The highest BCUT2D eigenvalue weighted by molar-refractivity contribution is 6.01. The number of fused-ring (bicyclic) bond motifs is 4. The van der Waals surface area contributed by atoms with Crippen molar-refractivity contribution in [3.8, 4) is 5.75 Å². The summed E-state index contributed by atoms with van der Waals surface area (Å²) >= 11 is 0. The van der Waals surface area contributed by atoms with Gasteiger partial charge >= 0.3 is 0 Å². The zero-order valence-corrected chi connectivity index (χ0v) is 16.0. The number of rotatable bonds is 2. The third-order valence-corrected chi connectivity index (χ3v) is 6.23. The van der Waals surface area contributed by atoms with Gasteiger partial charge < -0.3 is 9.64 Å². The molecule has 1 aromatic heterocycles. The molecule has 1 atom stereocenters. The molecule has 0 aliphatic carbocycles. The molecule has 3 aliphatic heterocycles. The van der Waals surface area contributed by atoms with E-state index < -0.39 is 0 Å². The summed E-state index contributed by atoms with van der Waals surface area (Å²) in [6.45, 7) is 6.63. The molecule has 5 rings (SSSR count). The van der Waals surface area contributed by atoms with Gasteiger partial charge in [-0.2, -0.15) is 5.10 Å². The fourth-order valence-corrected chi connectivity index (χ4v) is 4.67. The Bertz CT molecular complexity index is 856. The molecule has 2 aromatic rings. The van der Waals surface area contributed by atoms with Crippen LogP contribution in [0.2, 0.25) is 0 Å². The van der Waals surface area contributed by atoms with Gasteiger partial charge in [-0.15, -0.1) is 0 Å². The number of hydrogen-bond acceptors (Lipinski definition) is 5. The van der Waals surface area contributed by atoms with Crippen LogP contribution in [-0.4, -0.2) is 45.5 Å². The fraction of sp³-hybridized carbons (Fsp3) is 0.455. The Morgan fingerprint density at radius 3 is 2.56 bits per heavy atom. The average Bonchev–Trinajstić information content (AvgIpc) is 3.16. The standard InChI is InChI=1S/C22H26N4O/c1-16(2)25-13-9-22(10-14-25)26-20(18-5-3-4-6-21(18)27-22)15-19(24-26)17-7-11-23-12-8-17/h3-8,11-12,16,20H,9-10,13-15H2,1-2H3. The number of benzene rings is 1. The first-order valence-corrected chi connectivity index (χ1v) is 9.95. The highest BCUT2D eigenvalue weighted by Crippen LogP contribution is 2.49. The van der Waals surface area contributed by atoms with E-state index in [9.17, 15) is 0 Å². The Kier molecular flexibility index (Phi) is 3.93. The molecule has 140 valence electrons. The fourth-order valence-electron chi connectivity index (χ4n) is 4.67. The number of hydrogen-bond donors (Lipinski definition) is 0. The number of piperidine rings is 1. The van der Waals surface area contributed by atoms with E-state index in [-0.39, 0.29) is 11.8 Å². The van der Waals surface area contributed by atoms with Crippen LogP contribution in [0.15, 0.2) is 53.9 Å². The molecule has 0 N–H and O–H groups in total. The smallest absolute Gasteiger partial charge is 0.200 e. The summed E-state index contributed by atoms with van der Waals surface area (Å²) < 4.78 is 6.67. The van der Waals surface area contributed by atoms with Crippen LogP contribution in [0.25, 0.3) is 0 Å². The maximum atomic E-state index is 6.67. The van der Waals surface area contributed by atoms with Gasteiger partial charge in [0.2, 0.25) is 5.72 Å². The van der Waals surface area contributed by atoms with Gasteiger partial charge in [0, 0.05) is 61.9 Å². The van der Waals surface area contributed by atoms with Gasteiger partial charge in [-0.05, 0) is 32.0 Å². The number of para-hydroxylation sites is 1. The van der Waals surface area contributed by atoms with E-state index in [4.69, 9.17) is 9.84 Å². The Balaban J connectivity index is 1.53. The monoisotopic (exact) mass is 362 g/mol. The van der Waals surface area contributed by atoms with Gasteiger partial charge in [0.25, 0.3) is 0 Å². The number of aromatic nitrogens is 1. The molecule has 0 radical (unpaired) electrons. The molecular formula is C22H26N4O. The summed E-state index contributed by atoms with van der Waals surface area (Å²) in [6, 6.07) is 13.4. The summed E-state index contributed by atoms with van der Waals surface area (Å²) in [7, 11) is 0. The number of ether oxygens (including phenoxy) is 1. The van der Waals surface area contributed by atoms with Crippen LogP contribution in [0.4, 0.5) is 0 Å². The van der Waals surface area contributed by atoms with Crippen molar-refractivity contribution < 1.29 is 4.74 Å². The van der Waals surface area contributed by atoms with Crippen molar-refractivity contribution in [2.45, 2.75) is 50.9 Å². The first kappa shape index (κ1) is 16.8. The van der Waals surface area contributed by atoms with Gasteiger partial charge in [-0.1, -0.05) is 18.2 Å². The number of likely N-dealkylation sites (tertiary alicyclic amines) is 1. The first-order chi connectivity index (χ1) is 13.2. The Labute approximate surface area is 160 Å². The van der Waals surface area contributed by atoms with Crippen LogP contribution in [0.5, 0.6) is 5.75 Å². The van der Waals surface area contributed by atoms with Crippen molar-refractivity contribution in [2.75, 3.05) is 13.1 Å². The number of pyridine rings is 1. The zero-order chi connectivity index (χ0) is 18.4. The van der Waals surface area contributed by atoms with E-state index in [1.165, 1.54) is 5.56 Å². The predicted octanol–water partition coefficient (Wildman–Crippen LogP) is 3.83. The molecule has 1 fully saturated rings. The molecule has 1 aromatic carbocycles. The molecule has 1 spiro atoms. The second-order valence-electron chi connectivity index (χ2n) is 8.06. The molecule has 1 saturated heterocycles. The predicted molar refractivity (Wildman–Crippen MR) is 106 cm³/mol. The van der Waals surface area contributed by atoms with Crippen LogP contribution in [0.1, 0.15) is 50.3 Å². The van der Waals surface area contributed by atoms with E-state index in [2.05, 4.69) is 65.1 Å². The topological polar surface area (TPSA) is 41.0 Å². The molecule has 5 nitrogen and oxygen atoms in total. The first-order valence-electron chi connectivity index (χ1n) is 9.95.